The lowest BCUT2D eigenvalue weighted by atomic mass is 10.1. The summed E-state index contributed by atoms with van der Waals surface area (Å²) in [6, 6.07) is 9.78. The zero-order valence-electron chi connectivity index (χ0n) is 13.8. The van der Waals surface area contributed by atoms with E-state index in [1.165, 1.54) is 0 Å². The SMILES string of the molecule is CNC1CCCN(C(=O)c2ccc3cc(OC)ccc3n2)C1.Cl.Cl. The number of hydrogen-bond donors (Lipinski definition) is 1. The summed E-state index contributed by atoms with van der Waals surface area (Å²) in [4.78, 5) is 19.0. The smallest absolute Gasteiger partial charge is 0.272 e. The van der Waals surface area contributed by atoms with E-state index in [4.69, 9.17) is 4.74 Å². The van der Waals surface area contributed by atoms with E-state index in [1.54, 1.807) is 13.2 Å². The molecule has 1 amide bonds. The first kappa shape index (κ1) is 20.5. The Morgan fingerprint density at radius 3 is 2.79 bits per heavy atom. The number of nitrogens with one attached hydrogen (secondary N) is 1. The molecule has 1 fully saturated rings. The first-order valence-electron chi connectivity index (χ1n) is 7.62. The molecule has 3 rings (SSSR count). The van der Waals surface area contributed by atoms with Gasteiger partial charge in [0.15, 0.2) is 0 Å². The molecule has 0 radical (unpaired) electrons. The minimum Gasteiger partial charge on any atom is -0.497 e. The number of likely N-dealkylation sites (tertiary alicyclic amines) is 1. The highest BCUT2D eigenvalue weighted by molar-refractivity contribution is 5.95. The summed E-state index contributed by atoms with van der Waals surface area (Å²) in [6.45, 7) is 1.55. The number of piperidine rings is 1. The molecular formula is C17H23Cl2N3O2. The number of benzene rings is 1. The topological polar surface area (TPSA) is 54.5 Å². The monoisotopic (exact) mass is 371 g/mol. The molecule has 1 aliphatic heterocycles. The number of fused-ring (bicyclic) bond motifs is 1. The summed E-state index contributed by atoms with van der Waals surface area (Å²) in [5, 5.41) is 4.23. The summed E-state index contributed by atoms with van der Waals surface area (Å²) in [6.07, 6.45) is 2.15. The number of likely N-dealkylation sites (N-methyl/N-ethyl adjacent to an activating group) is 1. The third-order valence-corrected chi connectivity index (χ3v) is 4.23. The van der Waals surface area contributed by atoms with E-state index < -0.39 is 0 Å². The van der Waals surface area contributed by atoms with Gasteiger partial charge in [0, 0.05) is 24.5 Å². The molecule has 1 N–H and O–H groups in total. The van der Waals surface area contributed by atoms with Gasteiger partial charge in [-0.25, -0.2) is 4.98 Å². The van der Waals surface area contributed by atoms with Crippen molar-refractivity contribution in [2.45, 2.75) is 18.9 Å². The largest absolute Gasteiger partial charge is 0.497 e. The molecule has 0 aliphatic carbocycles. The van der Waals surface area contributed by atoms with Gasteiger partial charge < -0.3 is 15.0 Å². The second-order valence-corrected chi connectivity index (χ2v) is 5.63. The molecule has 0 bridgehead atoms. The number of aromatic nitrogens is 1. The van der Waals surface area contributed by atoms with Crippen molar-refractivity contribution in [3.05, 3.63) is 36.0 Å². The van der Waals surface area contributed by atoms with Crippen LogP contribution in [0.4, 0.5) is 0 Å². The van der Waals surface area contributed by atoms with Crippen molar-refractivity contribution in [1.29, 1.82) is 0 Å². The van der Waals surface area contributed by atoms with Crippen LogP contribution in [0.2, 0.25) is 0 Å². The van der Waals surface area contributed by atoms with Crippen molar-refractivity contribution in [2.24, 2.45) is 0 Å². The molecule has 132 valence electrons. The first-order chi connectivity index (χ1) is 10.7. The van der Waals surface area contributed by atoms with Crippen LogP contribution in [-0.2, 0) is 0 Å². The predicted molar refractivity (Wildman–Crippen MR) is 101 cm³/mol. The Hall–Kier alpha value is -1.56. The van der Waals surface area contributed by atoms with Crippen molar-refractivity contribution >= 4 is 41.6 Å². The van der Waals surface area contributed by atoms with Crippen LogP contribution < -0.4 is 10.1 Å². The summed E-state index contributed by atoms with van der Waals surface area (Å²) >= 11 is 0. The normalized spacial score (nSPS) is 16.9. The molecule has 0 saturated carbocycles. The summed E-state index contributed by atoms with van der Waals surface area (Å²) < 4.78 is 5.21. The Morgan fingerprint density at radius 2 is 2.08 bits per heavy atom. The fourth-order valence-electron chi connectivity index (χ4n) is 2.91. The van der Waals surface area contributed by atoms with Crippen LogP contribution in [-0.4, -0.2) is 49.1 Å². The van der Waals surface area contributed by atoms with Gasteiger partial charge in [-0.2, -0.15) is 0 Å². The van der Waals surface area contributed by atoms with Crippen LogP contribution >= 0.6 is 24.8 Å². The average Bonchev–Trinajstić information content (AvgIpc) is 2.60. The average molecular weight is 372 g/mol. The van der Waals surface area contributed by atoms with E-state index >= 15 is 0 Å². The number of pyridine rings is 1. The van der Waals surface area contributed by atoms with Gasteiger partial charge in [0.1, 0.15) is 11.4 Å². The number of rotatable bonds is 3. The number of methoxy groups -OCH3 is 1. The Kier molecular flexibility index (Phi) is 7.73. The quantitative estimate of drug-likeness (QED) is 0.900. The number of carbonyl (C=O) groups excluding carboxylic acids is 1. The number of hydrogen-bond acceptors (Lipinski definition) is 4. The maximum atomic E-state index is 12.6. The van der Waals surface area contributed by atoms with Crippen LogP contribution in [0.1, 0.15) is 23.3 Å². The highest BCUT2D eigenvalue weighted by Crippen LogP contribution is 2.20. The zero-order valence-corrected chi connectivity index (χ0v) is 15.5. The van der Waals surface area contributed by atoms with Crippen molar-refractivity contribution < 1.29 is 9.53 Å². The highest BCUT2D eigenvalue weighted by atomic mass is 35.5. The Bertz CT molecular complexity index is 697. The fraction of sp³-hybridized carbons (Fsp3) is 0.412. The molecule has 2 heterocycles. The number of amides is 1. The standard InChI is InChI=1S/C17H21N3O2.2ClH/c1-18-13-4-3-9-20(11-13)17(21)16-7-5-12-10-14(22-2)6-8-15(12)19-16;;/h5-8,10,13,18H,3-4,9,11H2,1-2H3;2*1H. The summed E-state index contributed by atoms with van der Waals surface area (Å²) in [5.74, 6) is 0.805. The van der Waals surface area contributed by atoms with Crippen LogP contribution in [0.25, 0.3) is 10.9 Å². The minimum atomic E-state index is 0. The molecule has 1 atom stereocenters. The van der Waals surface area contributed by atoms with Crippen LogP contribution in [0.15, 0.2) is 30.3 Å². The van der Waals surface area contributed by atoms with Crippen LogP contribution in [0.5, 0.6) is 5.75 Å². The summed E-state index contributed by atoms with van der Waals surface area (Å²) in [5.41, 5.74) is 1.32. The molecule has 1 unspecified atom stereocenters. The minimum absolute atomic E-state index is 0. The molecule has 1 aliphatic rings. The molecule has 2 aromatic rings. The van der Waals surface area contributed by atoms with Crippen molar-refractivity contribution in [2.75, 3.05) is 27.2 Å². The zero-order chi connectivity index (χ0) is 15.5. The lowest BCUT2D eigenvalue weighted by molar-refractivity contribution is 0.0692. The van der Waals surface area contributed by atoms with Gasteiger partial charge in [-0.15, -0.1) is 24.8 Å². The van der Waals surface area contributed by atoms with Crippen LogP contribution in [0, 0.1) is 0 Å². The molecule has 1 saturated heterocycles. The third kappa shape index (κ3) is 4.29. The van der Waals surface area contributed by atoms with Gasteiger partial charge in [-0.05, 0) is 44.2 Å². The van der Waals surface area contributed by atoms with E-state index in [-0.39, 0.29) is 30.7 Å². The number of carbonyl (C=O) groups is 1. The number of halogens is 2. The van der Waals surface area contributed by atoms with E-state index in [0.29, 0.717) is 11.7 Å². The van der Waals surface area contributed by atoms with E-state index in [9.17, 15) is 4.79 Å². The van der Waals surface area contributed by atoms with Crippen molar-refractivity contribution in [3.8, 4) is 5.75 Å². The first-order valence-corrected chi connectivity index (χ1v) is 7.62. The maximum Gasteiger partial charge on any atom is 0.272 e. The Labute approximate surface area is 154 Å². The van der Waals surface area contributed by atoms with Gasteiger partial charge in [0.25, 0.3) is 5.91 Å². The van der Waals surface area contributed by atoms with E-state index in [1.807, 2.05) is 36.2 Å². The summed E-state index contributed by atoms with van der Waals surface area (Å²) in [7, 11) is 3.58. The molecule has 24 heavy (non-hydrogen) atoms. The third-order valence-electron chi connectivity index (χ3n) is 4.23. The Balaban J connectivity index is 0.00000144. The van der Waals surface area contributed by atoms with E-state index in [0.717, 1.165) is 42.6 Å². The lowest BCUT2D eigenvalue weighted by Crippen LogP contribution is -2.47. The number of ether oxygens (including phenoxy) is 1. The lowest BCUT2D eigenvalue weighted by Gasteiger charge is -2.32. The van der Waals surface area contributed by atoms with Crippen molar-refractivity contribution in [1.82, 2.24) is 15.2 Å². The highest BCUT2D eigenvalue weighted by Gasteiger charge is 2.24. The fourth-order valence-corrected chi connectivity index (χ4v) is 2.91. The molecule has 1 aromatic heterocycles. The molecule has 5 nitrogen and oxygen atoms in total. The Morgan fingerprint density at radius 1 is 1.29 bits per heavy atom. The maximum absolute atomic E-state index is 12.6. The van der Waals surface area contributed by atoms with Gasteiger partial charge in [0.05, 0.1) is 12.6 Å². The van der Waals surface area contributed by atoms with Gasteiger partial charge >= 0.3 is 0 Å². The van der Waals surface area contributed by atoms with Crippen molar-refractivity contribution in [3.63, 3.8) is 0 Å². The molecular weight excluding hydrogens is 349 g/mol. The van der Waals surface area contributed by atoms with Gasteiger partial charge in [-0.3, -0.25) is 4.79 Å². The predicted octanol–water partition coefficient (Wildman–Crippen LogP) is 2.91. The second-order valence-electron chi connectivity index (χ2n) is 5.63. The van der Waals surface area contributed by atoms with Gasteiger partial charge in [0.2, 0.25) is 0 Å². The molecule has 0 spiro atoms. The molecule has 7 heteroatoms. The second kappa shape index (κ2) is 9.06. The number of nitrogens with zero attached hydrogens (tertiary/aromatic N) is 2. The molecule has 1 aromatic carbocycles. The van der Waals surface area contributed by atoms with E-state index in [2.05, 4.69) is 10.3 Å². The van der Waals surface area contributed by atoms with Gasteiger partial charge in [-0.1, -0.05) is 6.07 Å². The van der Waals surface area contributed by atoms with Crippen LogP contribution in [0.3, 0.4) is 0 Å².